The van der Waals surface area contributed by atoms with Gasteiger partial charge in [0, 0.05) is 12.0 Å². The zero-order valence-electron chi connectivity index (χ0n) is 13.5. The van der Waals surface area contributed by atoms with Gasteiger partial charge in [0.2, 0.25) is 15.9 Å². The number of carbonyl (C=O) groups is 1. The average Bonchev–Trinajstić information content (AvgIpc) is 3.29. The molecule has 3 N–H and O–H groups in total. The van der Waals surface area contributed by atoms with Crippen LogP contribution in [0.25, 0.3) is 0 Å². The standard InChI is InChI=1S/C16H24N2O4S/c1-3-4-5-11(2)16(20)17-14-10-13(8-9-15(14)19)23(21,22)18-12-6-7-12/h8-12,18-19H,3-7H2,1-2H3,(H,17,20)/t11-/m1/s1. The number of hydrogen-bond donors (Lipinski definition) is 3. The number of hydrogen-bond acceptors (Lipinski definition) is 4. The van der Waals surface area contributed by atoms with E-state index < -0.39 is 10.0 Å². The zero-order chi connectivity index (χ0) is 17.0. The van der Waals surface area contributed by atoms with Gasteiger partial charge in [-0.05, 0) is 37.5 Å². The monoisotopic (exact) mass is 340 g/mol. The third-order valence-electron chi connectivity index (χ3n) is 3.87. The lowest BCUT2D eigenvalue weighted by atomic mass is 10.0. The molecule has 7 heteroatoms. The van der Waals surface area contributed by atoms with Crippen LogP contribution >= 0.6 is 0 Å². The number of nitrogens with one attached hydrogen (secondary N) is 2. The van der Waals surface area contributed by atoms with E-state index in [0.717, 1.165) is 32.1 Å². The van der Waals surface area contributed by atoms with Crippen LogP contribution in [-0.4, -0.2) is 25.5 Å². The number of aromatic hydroxyl groups is 1. The first-order valence-electron chi connectivity index (χ1n) is 7.99. The van der Waals surface area contributed by atoms with Gasteiger partial charge in [-0.15, -0.1) is 0 Å². The molecule has 0 radical (unpaired) electrons. The van der Waals surface area contributed by atoms with Gasteiger partial charge in [-0.1, -0.05) is 26.7 Å². The number of carbonyl (C=O) groups excluding carboxylic acids is 1. The fourth-order valence-electron chi connectivity index (χ4n) is 2.17. The van der Waals surface area contributed by atoms with Crippen molar-refractivity contribution in [2.75, 3.05) is 5.32 Å². The smallest absolute Gasteiger partial charge is 0.240 e. The molecule has 0 saturated heterocycles. The molecule has 1 aliphatic carbocycles. The van der Waals surface area contributed by atoms with Crippen LogP contribution in [0.2, 0.25) is 0 Å². The Morgan fingerprint density at radius 1 is 1.39 bits per heavy atom. The molecule has 2 rings (SSSR count). The van der Waals surface area contributed by atoms with Crippen LogP contribution in [0.4, 0.5) is 5.69 Å². The van der Waals surface area contributed by atoms with Crippen LogP contribution < -0.4 is 10.0 Å². The summed E-state index contributed by atoms with van der Waals surface area (Å²) in [7, 11) is -3.62. The fraction of sp³-hybridized carbons (Fsp3) is 0.562. The first-order valence-corrected chi connectivity index (χ1v) is 9.48. The first-order chi connectivity index (χ1) is 10.8. The quantitative estimate of drug-likeness (QED) is 0.634. The lowest BCUT2D eigenvalue weighted by Crippen LogP contribution is -2.26. The van der Waals surface area contributed by atoms with Crippen molar-refractivity contribution in [3.05, 3.63) is 18.2 Å². The second kappa shape index (κ2) is 7.31. The highest BCUT2D eigenvalue weighted by molar-refractivity contribution is 7.89. The van der Waals surface area contributed by atoms with Gasteiger partial charge in [0.1, 0.15) is 5.75 Å². The minimum Gasteiger partial charge on any atom is -0.506 e. The van der Waals surface area contributed by atoms with E-state index in [0.29, 0.717) is 0 Å². The number of sulfonamides is 1. The van der Waals surface area contributed by atoms with E-state index in [2.05, 4.69) is 17.0 Å². The number of rotatable bonds is 8. The molecule has 1 aromatic carbocycles. The van der Waals surface area contributed by atoms with E-state index in [1.165, 1.54) is 18.2 Å². The van der Waals surface area contributed by atoms with E-state index in [9.17, 15) is 18.3 Å². The molecule has 0 aromatic heterocycles. The maximum atomic E-state index is 12.2. The van der Waals surface area contributed by atoms with Crippen molar-refractivity contribution in [2.24, 2.45) is 5.92 Å². The van der Waals surface area contributed by atoms with Crippen molar-refractivity contribution >= 4 is 21.6 Å². The second-order valence-corrected chi connectivity index (χ2v) is 7.82. The Morgan fingerprint density at radius 3 is 2.70 bits per heavy atom. The Hall–Kier alpha value is -1.60. The van der Waals surface area contributed by atoms with Crippen LogP contribution in [0.1, 0.15) is 46.0 Å². The van der Waals surface area contributed by atoms with Crippen molar-refractivity contribution in [1.82, 2.24) is 4.72 Å². The van der Waals surface area contributed by atoms with Crippen molar-refractivity contribution in [2.45, 2.75) is 56.9 Å². The van der Waals surface area contributed by atoms with Gasteiger partial charge in [-0.3, -0.25) is 4.79 Å². The van der Waals surface area contributed by atoms with Gasteiger partial charge in [0.25, 0.3) is 0 Å². The van der Waals surface area contributed by atoms with Crippen LogP contribution in [0.3, 0.4) is 0 Å². The molecule has 1 saturated carbocycles. The molecule has 0 heterocycles. The third kappa shape index (κ3) is 4.94. The van der Waals surface area contributed by atoms with Crippen molar-refractivity contribution in [1.29, 1.82) is 0 Å². The van der Waals surface area contributed by atoms with E-state index in [1.807, 2.05) is 6.92 Å². The summed E-state index contributed by atoms with van der Waals surface area (Å²) in [6.45, 7) is 3.87. The van der Waals surface area contributed by atoms with Crippen LogP contribution in [-0.2, 0) is 14.8 Å². The molecule has 1 amide bonds. The molecule has 0 aliphatic heterocycles. The van der Waals surface area contributed by atoms with E-state index >= 15 is 0 Å². The maximum Gasteiger partial charge on any atom is 0.240 e. The first kappa shape index (κ1) is 17.7. The average molecular weight is 340 g/mol. The van der Waals surface area contributed by atoms with E-state index in [1.54, 1.807) is 0 Å². The highest BCUT2D eigenvalue weighted by atomic mass is 32.2. The van der Waals surface area contributed by atoms with Gasteiger partial charge < -0.3 is 10.4 Å². The molecule has 1 fully saturated rings. The maximum absolute atomic E-state index is 12.2. The summed E-state index contributed by atoms with van der Waals surface area (Å²) in [6.07, 6.45) is 4.39. The van der Waals surface area contributed by atoms with E-state index in [-0.39, 0.29) is 34.2 Å². The van der Waals surface area contributed by atoms with Crippen LogP contribution in [0.15, 0.2) is 23.1 Å². The Kier molecular flexibility index (Phi) is 5.64. The lowest BCUT2D eigenvalue weighted by molar-refractivity contribution is -0.119. The Labute approximate surface area is 137 Å². The van der Waals surface area contributed by atoms with Crippen LogP contribution in [0, 0.1) is 5.92 Å². The molecule has 0 spiro atoms. The fourth-order valence-corrected chi connectivity index (χ4v) is 3.50. The van der Waals surface area contributed by atoms with Gasteiger partial charge in [-0.25, -0.2) is 13.1 Å². The number of amides is 1. The molecule has 6 nitrogen and oxygen atoms in total. The number of anilines is 1. The SMILES string of the molecule is CCCC[C@@H](C)C(=O)Nc1cc(S(=O)(=O)NC2CC2)ccc1O. The number of benzene rings is 1. The lowest BCUT2D eigenvalue weighted by Gasteiger charge is -2.14. The van der Waals surface area contributed by atoms with E-state index in [4.69, 9.17) is 0 Å². The minimum atomic E-state index is -3.62. The predicted molar refractivity (Wildman–Crippen MR) is 88.8 cm³/mol. The van der Waals surface area contributed by atoms with Crippen molar-refractivity contribution in [3.8, 4) is 5.75 Å². The van der Waals surface area contributed by atoms with Gasteiger partial charge in [0.05, 0.1) is 10.6 Å². The highest BCUT2D eigenvalue weighted by Crippen LogP contribution is 2.29. The minimum absolute atomic E-state index is 0.000843. The molecular weight excluding hydrogens is 316 g/mol. The predicted octanol–water partition coefficient (Wildman–Crippen LogP) is 2.60. The number of phenols is 1. The Morgan fingerprint density at radius 2 is 2.09 bits per heavy atom. The molecular formula is C16H24N2O4S. The summed E-state index contributed by atoms with van der Waals surface area (Å²) < 4.78 is 27.0. The molecule has 1 aromatic rings. The second-order valence-electron chi connectivity index (χ2n) is 6.11. The van der Waals surface area contributed by atoms with Gasteiger partial charge in [0.15, 0.2) is 0 Å². The normalized spacial score (nSPS) is 16.1. The summed E-state index contributed by atoms with van der Waals surface area (Å²) in [5.41, 5.74) is 0.122. The molecule has 128 valence electrons. The number of phenolic OH excluding ortho intramolecular Hbond substituents is 1. The van der Waals surface area contributed by atoms with Crippen LogP contribution in [0.5, 0.6) is 5.75 Å². The molecule has 1 atom stereocenters. The summed E-state index contributed by atoms with van der Waals surface area (Å²) in [4.78, 5) is 12.2. The Bertz CT molecular complexity index is 669. The molecule has 0 unspecified atom stereocenters. The topological polar surface area (TPSA) is 95.5 Å². The third-order valence-corrected chi connectivity index (χ3v) is 5.39. The highest BCUT2D eigenvalue weighted by Gasteiger charge is 2.28. The molecule has 23 heavy (non-hydrogen) atoms. The summed E-state index contributed by atoms with van der Waals surface area (Å²) in [5.74, 6) is -0.566. The number of unbranched alkanes of at least 4 members (excludes halogenated alkanes) is 1. The summed E-state index contributed by atoms with van der Waals surface area (Å²) >= 11 is 0. The van der Waals surface area contributed by atoms with Crippen molar-refractivity contribution < 1.29 is 18.3 Å². The molecule has 1 aliphatic rings. The van der Waals surface area contributed by atoms with Gasteiger partial charge in [-0.2, -0.15) is 0 Å². The molecule has 0 bridgehead atoms. The summed E-state index contributed by atoms with van der Waals surface area (Å²) in [6, 6.07) is 3.91. The van der Waals surface area contributed by atoms with Crippen molar-refractivity contribution in [3.63, 3.8) is 0 Å². The zero-order valence-corrected chi connectivity index (χ0v) is 14.3. The largest absolute Gasteiger partial charge is 0.506 e. The van der Waals surface area contributed by atoms with Gasteiger partial charge >= 0.3 is 0 Å². The Balaban J connectivity index is 2.12. The summed E-state index contributed by atoms with van der Waals surface area (Å²) in [5, 5.41) is 12.5.